The number of rotatable bonds is 3. The lowest BCUT2D eigenvalue weighted by atomic mass is 10.0. The van der Waals surface area contributed by atoms with Gasteiger partial charge < -0.3 is 0 Å². The highest BCUT2D eigenvalue weighted by Gasteiger charge is 2.34. The van der Waals surface area contributed by atoms with Gasteiger partial charge in [0, 0.05) is 0 Å². The summed E-state index contributed by atoms with van der Waals surface area (Å²) in [6.07, 6.45) is 0. The van der Waals surface area contributed by atoms with Crippen LogP contribution in [0.4, 0.5) is 4.39 Å². The first-order valence-electron chi connectivity index (χ1n) is 6.25. The molecule has 1 unspecified atom stereocenters. The van der Waals surface area contributed by atoms with Gasteiger partial charge >= 0.3 is 13.3 Å². The highest BCUT2D eigenvalue weighted by atomic mass is 31.1. The molecule has 0 spiro atoms. The molecule has 0 radical (unpaired) electrons. The second kappa shape index (κ2) is 5.64. The zero-order valence-corrected chi connectivity index (χ0v) is 12.5. The molecule has 0 amide bonds. The first-order chi connectivity index (χ1) is 9.40. The predicted octanol–water partition coefficient (Wildman–Crippen LogP) is 4.04. The van der Waals surface area contributed by atoms with Gasteiger partial charge in [0.2, 0.25) is 0 Å². The van der Waals surface area contributed by atoms with E-state index in [1.807, 2.05) is 32.9 Å². The predicted molar refractivity (Wildman–Crippen MR) is 78.6 cm³/mol. The average molecular weight is 289 g/mol. The van der Waals surface area contributed by atoms with Gasteiger partial charge in [-0.1, -0.05) is 22.3 Å². The molecule has 0 bridgehead atoms. The lowest BCUT2D eigenvalue weighted by molar-refractivity contribution is 0.107. The maximum Gasteiger partial charge on any atom is 0.458 e. The summed E-state index contributed by atoms with van der Waals surface area (Å²) < 4.78 is 25.2. The van der Waals surface area contributed by atoms with Gasteiger partial charge in [-0.25, -0.2) is 9.18 Å². The monoisotopic (exact) mass is 289 g/mol. The molecule has 20 heavy (non-hydrogen) atoms. The largest absolute Gasteiger partial charge is 0.458 e. The molecule has 2 aromatic carbocycles. The highest BCUT2D eigenvalue weighted by Crippen LogP contribution is 2.30. The number of carbonyl (C=O) groups is 1. The van der Waals surface area contributed by atoms with Crippen molar-refractivity contribution in [1.82, 2.24) is 0 Å². The number of benzene rings is 2. The number of aryl methyl sites for hydroxylation is 3. The maximum atomic E-state index is 12.9. The Morgan fingerprint density at radius 1 is 1.00 bits per heavy atom. The van der Waals surface area contributed by atoms with E-state index in [1.54, 1.807) is 0 Å². The van der Waals surface area contributed by atoms with Crippen molar-refractivity contribution in [2.24, 2.45) is 0 Å². The van der Waals surface area contributed by atoms with Gasteiger partial charge in [-0.15, -0.1) is 0 Å². The molecule has 0 N–H and O–H groups in total. The molecule has 0 heterocycles. The smallest absolute Gasteiger partial charge is 0.234 e. The first-order valence-corrected chi connectivity index (χ1v) is 7.51. The second-order valence-corrected chi connectivity index (χ2v) is 6.36. The fourth-order valence-electron chi connectivity index (χ4n) is 2.31. The average Bonchev–Trinajstić information content (AvgIpc) is 2.37. The molecule has 2 aromatic rings. The summed E-state index contributed by atoms with van der Waals surface area (Å²) in [5.74, 6) is -0.410. The Kier molecular flexibility index (Phi) is 4.10. The summed E-state index contributed by atoms with van der Waals surface area (Å²) in [5.41, 5.74) is 2.80. The SMILES string of the molecule is Cc1cc(C)c(C(=O)[P+](=O)c2ccc(F)cc2)c(C)c1. The number of hydrogen-bond donors (Lipinski definition) is 0. The number of halogens is 1. The molecule has 0 aliphatic heterocycles. The van der Waals surface area contributed by atoms with Crippen LogP contribution >= 0.6 is 7.80 Å². The molecule has 0 saturated carbocycles. The third kappa shape index (κ3) is 2.83. The Balaban J connectivity index is 2.41. The molecule has 2 nitrogen and oxygen atoms in total. The Labute approximate surface area is 118 Å². The lowest BCUT2D eigenvalue weighted by Gasteiger charge is -2.05. The van der Waals surface area contributed by atoms with E-state index < -0.39 is 19.1 Å². The molecule has 4 heteroatoms. The van der Waals surface area contributed by atoms with E-state index >= 15 is 0 Å². The van der Waals surface area contributed by atoms with E-state index in [4.69, 9.17) is 0 Å². The van der Waals surface area contributed by atoms with E-state index in [-0.39, 0.29) is 0 Å². The van der Waals surface area contributed by atoms with Crippen molar-refractivity contribution in [3.63, 3.8) is 0 Å². The Morgan fingerprint density at radius 2 is 1.50 bits per heavy atom. The van der Waals surface area contributed by atoms with Crippen LogP contribution in [0.3, 0.4) is 0 Å². The van der Waals surface area contributed by atoms with E-state index in [0.29, 0.717) is 10.9 Å². The molecule has 0 aliphatic rings. The van der Waals surface area contributed by atoms with Gasteiger partial charge in [0.25, 0.3) is 0 Å². The van der Waals surface area contributed by atoms with Gasteiger partial charge in [-0.05, 0) is 56.2 Å². The summed E-state index contributed by atoms with van der Waals surface area (Å²) in [7, 11) is -2.22. The molecular formula is C16H15FO2P+. The number of carbonyl (C=O) groups excluding carboxylic acids is 1. The first kappa shape index (κ1) is 14.5. The second-order valence-electron chi connectivity index (χ2n) is 4.85. The quantitative estimate of drug-likeness (QED) is 0.799. The van der Waals surface area contributed by atoms with E-state index in [2.05, 4.69) is 0 Å². The van der Waals surface area contributed by atoms with Crippen LogP contribution in [-0.4, -0.2) is 5.52 Å². The normalized spacial score (nSPS) is 11.3. The summed E-state index contributed by atoms with van der Waals surface area (Å²) in [4.78, 5) is 12.4. The third-order valence-electron chi connectivity index (χ3n) is 3.14. The van der Waals surface area contributed by atoms with Crippen molar-refractivity contribution in [2.45, 2.75) is 20.8 Å². The van der Waals surface area contributed by atoms with Gasteiger partial charge in [0.1, 0.15) is 5.82 Å². The number of hydrogen-bond acceptors (Lipinski definition) is 2. The maximum absolute atomic E-state index is 12.9. The Bertz CT molecular complexity index is 667. The van der Waals surface area contributed by atoms with Crippen LogP contribution in [0.25, 0.3) is 0 Å². The minimum absolute atomic E-state index is 0.353. The molecule has 0 aliphatic carbocycles. The molecule has 1 atom stereocenters. The van der Waals surface area contributed by atoms with Crippen LogP contribution in [0.5, 0.6) is 0 Å². The summed E-state index contributed by atoms with van der Waals surface area (Å²) in [5, 5.41) is 0.353. The van der Waals surface area contributed by atoms with Crippen LogP contribution in [0, 0.1) is 26.6 Å². The molecular weight excluding hydrogens is 274 g/mol. The Morgan fingerprint density at radius 3 is 2.00 bits per heavy atom. The topological polar surface area (TPSA) is 34.1 Å². The third-order valence-corrected chi connectivity index (χ3v) is 4.50. The van der Waals surface area contributed by atoms with E-state index in [1.165, 1.54) is 24.3 Å². The van der Waals surface area contributed by atoms with Gasteiger partial charge in [0.05, 0.1) is 5.56 Å². The van der Waals surface area contributed by atoms with Crippen LogP contribution in [0.1, 0.15) is 27.0 Å². The molecule has 2 rings (SSSR count). The fraction of sp³-hybridized carbons (Fsp3) is 0.188. The van der Waals surface area contributed by atoms with Gasteiger partial charge in [0.15, 0.2) is 5.30 Å². The van der Waals surface area contributed by atoms with Crippen molar-refractivity contribution < 1.29 is 13.8 Å². The Hall–Kier alpha value is -1.86. The zero-order valence-electron chi connectivity index (χ0n) is 11.6. The zero-order chi connectivity index (χ0) is 14.9. The lowest BCUT2D eigenvalue weighted by Crippen LogP contribution is -2.07. The van der Waals surface area contributed by atoms with E-state index in [0.717, 1.165) is 16.7 Å². The molecule has 0 fully saturated rings. The molecule has 0 saturated heterocycles. The summed E-state index contributed by atoms with van der Waals surface area (Å²) >= 11 is 0. The minimum atomic E-state index is -2.22. The van der Waals surface area contributed by atoms with Crippen LogP contribution in [0.2, 0.25) is 0 Å². The highest BCUT2D eigenvalue weighted by molar-refractivity contribution is 7.71. The van der Waals surface area contributed by atoms with Crippen LogP contribution < -0.4 is 5.30 Å². The van der Waals surface area contributed by atoms with Crippen molar-refractivity contribution in [3.8, 4) is 0 Å². The van der Waals surface area contributed by atoms with Gasteiger partial charge in [-0.2, -0.15) is 0 Å². The molecule has 0 aromatic heterocycles. The summed E-state index contributed by atoms with van der Waals surface area (Å²) in [6, 6.07) is 9.01. The van der Waals surface area contributed by atoms with Crippen molar-refractivity contribution in [2.75, 3.05) is 0 Å². The van der Waals surface area contributed by atoms with Crippen molar-refractivity contribution in [1.29, 1.82) is 0 Å². The van der Waals surface area contributed by atoms with Crippen LogP contribution in [-0.2, 0) is 4.57 Å². The standard InChI is InChI=1S/C16H15FO2P/c1-10-8-11(2)15(12(3)9-10)16(18)20(19)14-6-4-13(17)5-7-14/h4-9H,1-3H3/q+1. The van der Waals surface area contributed by atoms with Crippen molar-refractivity contribution in [3.05, 3.63) is 64.5 Å². The fourth-order valence-corrected chi connectivity index (χ4v) is 3.52. The molecule has 102 valence electrons. The summed E-state index contributed by atoms with van der Waals surface area (Å²) in [6.45, 7) is 5.62. The minimum Gasteiger partial charge on any atom is -0.234 e. The van der Waals surface area contributed by atoms with Gasteiger partial charge in [-0.3, -0.25) is 0 Å². The van der Waals surface area contributed by atoms with Crippen LogP contribution in [0.15, 0.2) is 36.4 Å². The van der Waals surface area contributed by atoms with Crippen molar-refractivity contribution >= 4 is 18.6 Å². The van der Waals surface area contributed by atoms with E-state index in [9.17, 15) is 13.8 Å².